The Morgan fingerprint density at radius 3 is 2.82 bits per heavy atom. The van der Waals surface area contributed by atoms with Gasteiger partial charge in [-0.3, -0.25) is 0 Å². The second-order valence-corrected chi connectivity index (χ2v) is 9.11. The number of halogens is 1. The molecule has 2 saturated heterocycles. The summed E-state index contributed by atoms with van der Waals surface area (Å²) in [7, 11) is 0. The Morgan fingerprint density at radius 1 is 1.36 bits per heavy atom. The molecular formula is C18H25BrN4O4S. The number of esters is 1. The lowest BCUT2D eigenvalue weighted by Gasteiger charge is -2.21. The fourth-order valence-corrected chi connectivity index (χ4v) is 5.50. The summed E-state index contributed by atoms with van der Waals surface area (Å²) in [6, 6.07) is -0.234. The number of amides is 2. The first kappa shape index (κ1) is 20.0. The van der Waals surface area contributed by atoms with Crippen LogP contribution in [-0.4, -0.2) is 58.0 Å². The molecule has 3 heterocycles. The summed E-state index contributed by atoms with van der Waals surface area (Å²) in [6.45, 7) is 2.96. The summed E-state index contributed by atoms with van der Waals surface area (Å²) in [6.07, 6.45) is 5.03. The highest BCUT2D eigenvalue weighted by Crippen LogP contribution is 2.38. The van der Waals surface area contributed by atoms with Crippen molar-refractivity contribution in [2.75, 3.05) is 23.5 Å². The molecule has 3 fully saturated rings. The third-order valence-corrected chi connectivity index (χ3v) is 7.49. The van der Waals surface area contributed by atoms with Gasteiger partial charge in [-0.15, -0.1) is 10.2 Å². The Labute approximate surface area is 176 Å². The van der Waals surface area contributed by atoms with Gasteiger partial charge in [-0.05, 0) is 25.2 Å². The van der Waals surface area contributed by atoms with Crippen LogP contribution in [0, 0.1) is 5.92 Å². The molecule has 0 N–H and O–H groups in total. The number of ether oxygens (including phenoxy) is 2. The van der Waals surface area contributed by atoms with Crippen LogP contribution in [0.5, 0.6) is 0 Å². The first-order chi connectivity index (χ1) is 13.6. The van der Waals surface area contributed by atoms with E-state index >= 15 is 0 Å². The number of carbonyl (C=O) groups is 2. The summed E-state index contributed by atoms with van der Waals surface area (Å²) >= 11 is 4.76. The van der Waals surface area contributed by atoms with Gasteiger partial charge in [0.05, 0.1) is 18.6 Å². The molecule has 3 aliphatic rings. The van der Waals surface area contributed by atoms with Gasteiger partial charge in [0.2, 0.25) is 11.4 Å². The maximum atomic E-state index is 12.8. The van der Waals surface area contributed by atoms with Gasteiger partial charge >= 0.3 is 12.0 Å². The van der Waals surface area contributed by atoms with Gasteiger partial charge < -0.3 is 14.4 Å². The van der Waals surface area contributed by atoms with E-state index < -0.39 is 18.3 Å². The minimum Gasteiger partial charge on any atom is -0.437 e. The van der Waals surface area contributed by atoms with E-state index in [0.717, 1.165) is 24.3 Å². The van der Waals surface area contributed by atoms with Crippen LogP contribution in [0.4, 0.5) is 9.93 Å². The number of hydrogen-bond donors (Lipinski definition) is 0. The molecule has 0 radical (unpaired) electrons. The zero-order chi connectivity index (χ0) is 19.7. The number of carbonyl (C=O) groups excluding carboxylic acids is 2. The maximum Gasteiger partial charge on any atom is 0.337 e. The predicted octanol–water partition coefficient (Wildman–Crippen LogP) is 3.47. The second kappa shape index (κ2) is 8.62. The standard InChI is InChI=1S/C18H25BrN4O4S/c1-2-11-7-13(26-9-11)16(24)27-14-8-22(10-19)18(25)23(14)17-21-20-15(28-17)12-5-3-4-6-12/h11-14H,2-10H2,1H3. The number of hydrogen-bond acceptors (Lipinski definition) is 7. The molecule has 3 unspecified atom stereocenters. The number of alkyl halides is 1. The Balaban J connectivity index is 1.48. The summed E-state index contributed by atoms with van der Waals surface area (Å²) in [5.41, 5.74) is 0.364. The lowest BCUT2D eigenvalue weighted by Crippen LogP contribution is -2.39. The van der Waals surface area contributed by atoms with Crippen LogP contribution < -0.4 is 4.90 Å². The van der Waals surface area contributed by atoms with E-state index in [1.54, 1.807) is 4.90 Å². The molecule has 2 aliphatic heterocycles. The van der Waals surface area contributed by atoms with Crippen LogP contribution in [-0.2, 0) is 14.3 Å². The van der Waals surface area contributed by atoms with E-state index in [1.807, 2.05) is 0 Å². The average molecular weight is 473 g/mol. The lowest BCUT2D eigenvalue weighted by atomic mass is 10.0. The molecule has 1 aliphatic carbocycles. The second-order valence-electron chi connectivity index (χ2n) is 7.62. The van der Waals surface area contributed by atoms with Crippen molar-refractivity contribution in [2.24, 2.45) is 5.92 Å². The molecule has 4 rings (SSSR count). The van der Waals surface area contributed by atoms with Crippen LogP contribution in [0.3, 0.4) is 0 Å². The van der Waals surface area contributed by atoms with E-state index in [9.17, 15) is 9.59 Å². The molecule has 0 bridgehead atoms. The highest BCUT2D eigenvalue weighted by molar-refractivity contribution is 9.09. The van der Waals surface area contributed by atoms with E-state index in [4.69, 9.17) is 9.47 Å². The van der Waals surface area contributed by atoms with Gasteiger partial charge in [0.25, 0.3) is 0 Å². The number of rotatable bonds is 6. The zero-order valence-corrected chi connectivity index (χ0v) is 18.3. The quantitative estimate of drug-likeness (QED) is 0.357. The molecule has 1 aromatic rings. The summed E-state index contributed by atoms with van der Waals surface area (Å²) in [5, 5.41) is 10.0. The monoisotopic (exact) mass is 472 g/mol. The molecule has 1 saturated carbocycles. The molecule has 28 heavy (non-hydrogen) atoms. The van der Waals surface area contributed by atoms with Gasteiger partial charge in [0.1, 0.15) is 5.01 Å². The van der Waals surface area contributed by atoms with Crippen molar-refractivity contribution < 1.29 is 19.1 Å². The zero-order valence-electron chi connectivity index (χ0n) is 15.9. The molecule has 0 spiro atoms. The number of urea groups is 1. The topological polar surface area (TPSA) is 84.9 Å². The highest BCUT2D eigenvalue weighted by atomic mass is 79.9. The Hall–Kier alpha value is -1.26. The SMILES string of the molecule is CCC1COC(C(=O)OC2CN(CBr)C(=O)N2c2nnc(C3CCCC3)s2)C1. The van der Waals surface area contributed by atoms with E-state index in [-0.39, 0.29) is 12.6 Å². The number of anilines is 1. The van der Waals surface area contributed by atoms with E-state index in [1.165, 1.54) is 29.1 Å². The van der Waals surface area contributed by atoms with Gasteiger partial charge in [-0.2, -0.15) is 0 Å². The Morgan fingerprint density at radius 2 is 2.14 bits per heavy atom. The Kier molecular flexibility index (Phi) is 6.17. The van der Waals surface area contributed by atoms with Gasteiger partial charge in [-0.25, -0.2) is 14.5 Å². The van der Waals surface area contributed by atoms with Gasteiger partial charge in [0.15, 0.2) is 6.10 Å². The first-order valence-electron chi connectivity index (χ1n) is 9.90. The highest BCUT2D eigenvalue weighted by Gasteiger charge is 2.44. The largest absolute Gasteiger partial charge is 0.437 e. The smallest absolute Gasteiger partial charge is 0.337 e. The summed E-state index contributed by atoms with van der Waals surface area (Å²) in [4.78, 5) is 28.5. The fraction of sp³-hybridized carbons (Fsp3) is 0.778. The molecule has 1 aromatic heterocycles. The molecule has 0 aromatic carbocycles. The molecule has 3 atom stereocenters. The molecule has 154 valence electrons. The minimum atomic E-state index is -0.716. The normalized spacial score (nSPS) is 28.5. The lowest BCUT2D eigenvalue weighted by molar-refractivity contribution is -0.158. The van der Waals surface area contributed by atoms with Crippen molar-refractivity contribution >= 4 is 44.4 Å². The summed E-state index contributed by atoms with van der Waals surface area (Å²) in [5.74, 6) is 0.404. The van der Waals surface area contributed by atoms with Crippen molar-refractivity contribution in [1.29, 1.82) is 0 Å². The predicted molar refractivity (Wildman–Crippen MR) is 108 cm³/mol. The first-order valence-corrected chi connectivity index (χ1v) is 11.8. The van der Waals surface area contributed by atoms with Crippen LogP contribution in [0.15, 0.2) is 0 Å². The molecule has 2 amide bonds. The van der Waals surface area contributed by atoms with Crippen LogP contribution in [0.1, 0.15) is 56.4 Å². The minimum absolute atomic E-state index is 0.234. The van der Waals surface area contributed by atoms with Crippen molar-refractivity contribution in [3.63, 3.8) is 0 Å². The van der Waals surface area contributed by atoms with Crippen LogP contribution in [0.2, 0.25) is 0 Å². The van der Waals surface area contributed by atoms with Crippen molar-refractivity contribution in [2.45, 2.75) is 63.7 Å². The van der Waals surface area contributed by atoms with Crippen molar-refractivity contribution in [3.8, 4) is 0 Å². The van der Waals surface area contributed by atoms with Gasteiger partial charge in [0, 0.05) is 5.92 Å². The van der Waals surface area contributed by atoms with Gasteiger partial charge in [-0.1, -0.05) is 53.5 Å². The summed E-state index contributed by atoms with van der Waals surface area (Å²) < 4.78 is 11.3. The molecule has 10 heteroatoms. The van der Waals surface area contributed by atoms with E-state index in [2.05, 4.69) is 33.1 Å². The van der Waals surface area contributed by atoms with E-state index in [0.29, 0.717) is 35.4 Å². The third-order valence-electron chi connectivity index (χ3n) is 5.80. The van der Waals surface area contributed by atoms with Crippen molar-refractivity contribution in [3.05, 3.63) is 5.01 Å². The van der Waals surface area contributed by atoms with Crippen LogP contribution >= 0.6 is 27.3 Å². The van der Waals surface area contributed by atoms with Crippen LogP contribution in [0.25, 0.3) is 0 Å². The third kappa shape index (κ3) is 3.91. The molecular weight excluding hydrogens is 448 g/mol. The average Bonchev–Trinajstić information content (AvgIpc) is 3.47. The number of nitrogens with zero attached hydrogens (tertiary/aromatic N) is 4. The fourth-order valence-electron chi connectivity index (χ4n) is 4.03. The maximum absolute atomic E-state index is 12.8. The Bertz CT molecular complexity index is 726. The van der Waals surface area contributed by atoms with Crippen molar-refractivity contribution in [1.82, 2.24) is 15.1 Å². The number of aromatic nitrogens is 2. The molecule has 8 nitrogen and oxygen atoms in total.